The summed E-state index contributed by atoms with van der Waals surface area (Å²) >= 11 is 0. The van der Waals surface area contributed by atoms with Gasteiger partial charge in [-0.05, 0) is 12.3 Å². The van der Waals surface area contributed by atoms with Crippen molar-refractivity contribution in [2.75, 3.05) is 6.61 Å². The first-order chi connectivity index (χ1) is 9.59. The van der Waals surface area contributed by atoms with Crippen LogP contribution in [0.15, 0.2) is 0 Å². The zero-order valence-corrected chi connectivity index (χ0v) is 12.1. The second-order valence-corrected chi connectivity index (χ2v) is 5.45. The Morgan fingerprint density at radius 2 is 1.90 bits per heavy atom. The molecule has 21 heavy (non-hydrogen) atoms. The van der Waals surface area contributed by atoms with Gasteiger partial charge < -0.3 is 14.2 Å². The zero-order valence-electron chi connectivity index (χ0n) is 12.1. The standard InChI is InChI=1S/C13H19F3O5/c1-7(2)11(17)19-6-9-4-8(3)5-10(20-9)21-12(18)13(14,15)16/h7-10H,4-6H2,1-3H3/t8-,9?,10-/m0/s1. The van der Waals surface area contributed by atoms with Crippen molar-refractivity contribution in [3.63, 3.8) is 0 Å². The molecule has 1 heterocycles. The van der Waals surface area contributed by atoms with Gasteiger partial charge in [-0.3, -0.25) is 4.79 Å². The van der Waals surface area contributed by atoms with Gasteiger partial charge in [0.1, 0.15) is 6.61 Å². The molecule has 1 aliphatic heterocycles. The maximum Gasteiger partial charge on any atom is 0.491 e. The SMILES string of the molecule is CC(C)C(=O)OCC1C[C@H](C)C[C@H](OC(=O)C(F)(F)F)O1. The molecule has 1 rings (SSSR count). The lowest BCUT2D eigenvalue weighted by atomic mass is 9.97. The third-order valence-electron chi connectivity index (χ3n) is 2.96. The number of carbonyl (C=O) groups excluding carboxylic acids is 2. The molecule has 1 saturated heterocycles. The highest BCUT2D eigenvalue weighted by molar-refractivity contribution is 5.75. The van der Waals surface area contributed by atoms with E-state index < -0.39 is 30.5 Å². The summed E-state index contributed by atoms with van der Waals surface area (Å²) in [5.41, 5.74) is 0. The molecule has 0 spiro atoms. The van der Waals surface area contributed by atoms with Gasteiger partial charge in [-0.1, -0.05) is 20.8 Å². The number of esters is 2. The van der Waals surface area contributed by atoms with Crippen molar-refractivity contribution in [1.82, 2.24) is 0 Å². The summed E-state index contributed by atoms with van der Waals surface area (Å²) < 4.78 is 50.9. The molecule has 8 heteroatoms. The zero-order chi connectivity index (χ0) is 16.2. The van der Waals surface area contributed by atoms with Crippen LogP contribution < -0.4 is 0 Å². The van der Waals surface area contributed by atoms with Gasteiger partial charge in [-0.15, -0.1) is 0 Å². The summed E-state index contributed by atoms with van der Waals surface area (Å²) in [5.74, 6) is -3.00. The number of carbonyl (C=O) groups is 2. The maximum absolute atomic E-state index is 12.1. The molecule has 0 aliphatic carbocycles. The van der Waals surface area contributed by atoms with Crippen LogP contribution in [0.1, 0.15) is 33.6 Å². The number of hydrogen-bond donors (Lipinski definition) is 0. The Bertz CT molecular complexity index is 380. The van der Waals surface area contributed by atoms with Crippen LogP contribution in [0.5, 0.6) is 0 Å². The summed E-state index contributed by atoms with van der Waals surface area (Å²) in [5, 5.41) is 0. The Kier molecular flexibility index (Phi) is 6.00. The van der Waals surface area contributed by atoms with Gasteiger partial charge in [-0.25, -0.2) is 4.79 Å². The monoisotopic (exact) mass is 312 g/mol. The van der Waals surface area contributed by atoms with E-state index in [1.807, 2.05) is 0 Å². The fraction of sp³-hybridized carbons (Fsp3) is 0.846. The molecule has 0 aromatic rings. The minimum absolute atomic E-state index is 0.00691. The van der Waals surface area contributed by atoms with Gasteiger partial charge in [0.15, 0.2) is 0 Å². The van der Waals surface area contributed by atoms with Crippen LogP contribution >= 0.6 is 0 Å². The van der Waals surface area contributed by atoms with Crippen LogP contribution in [0.4, 0.5) is 13.2 Å². The molecule has 0 aromatic heterocycles. The van der Waals surface area contributed by atoms with Gasteiger partial charge in [0.2, 0.25) is 6.29 Å². The van der Waals surface area contributed by atoms with Crippen molar-refractivity contribution in [2.24, 2.45) is 11.8 Å². The summed E-state index contributed by atoms with van der Waals surface area (Å²) in [6.45, 7) is 5.07. The molecule has 0 bridgehead atoms. The van der Waals surface area contributed by atoms with Gasteiger partial charge in [0, 0.05) is 6.42 Å². The van der Waals surface area contributed by atoms with Crippen molar-refractivity contribution in [3.8, 4) is 0 Å². The first kappa shape index (κ1) is 17.7. The second-order valence-electron chi connectivity index (χ2n) is 5.45. The molecule has 122 valence electrons. The van der Waals surface area contributed by atoms with Crippen molar-refractivity contribution in [1.29, 1.82) is 0 Å². The molecule has 0 radical (unpaired) electrons. The van der Waals surface area contributed by atoms with Crippen LogP contribution in [0, 0.1) is 11.8 Å². The largest absolute Gasteiger partial charge is 0.491 e. The number of halogens is 3. The van der Waals surface area contributed by atoms with E-state index in [1.165, 1.54) is 0 Å². The minimum atomic E-state index is -5.05. The van der Waals surface area contributed by atoms with Gasteiger partial charge in [0.25, 0.3) is 0 Å². The normalized spacial score (nSPS) is 26.5. The van der Waals surface area contributed by atoms with E-state index in [-0.39, 0.29) is 24.9 Å². The third kappa shape index (κ3) is 5.91. The van der Waals surface area contributed by atoms with E-state index in [4.69, 9.17) is 9.47 Å². The molecule has 0 amide bonds. The predicted octanol–water partition coefficient (Wildman–Crippen LogP) is 2.43. The van der Waals surface area contributed by atoms with Crippen molar-refractivity contribution < 1.29 is 37.0 Å². The van der Waals surface area contributed by atoms with Gasteiger partial charge >= 0.3 is 18.1 Å². The lowest BCUT2D eigenvalue weighted by Crippen LogP contribution is -2.40. The highest BCUT2D eigenvalue weighted by atomic mass is 19.4. The summed E-state index contributed by atoms with van der Waals surface area (Å²) in [6.07, 6.45) is -6.21. The van der Waals surface area contributed by atoms with Crippen LogP contribution in [0.2, 0.25) is 0 Å². The topological polar surface area (TPSA) is 61.8 Å². The van der Waals surface area contributed by atoms with Gasteiger partial charge in [-0.2, -0.15) is 13.2 Å². The molecule has 0 saturated carbocycles. The van der Waals surface area contributed by atoms with Crippen LogP contribution in [-0.2, 0) is 23.8 Å². The number of hydrogen-bond acceptors (Lipinski definition) is 5. The summed E-state index contributed by atoms with van der Waals surface area (Å²) in [7, 11) is 0. The lowest BCUT2D eigenvalue weighted by Gasteiger charge is -2.33. The van der Waals surface area contributed by atoms with Crippen LogP contribution in [-0.4, -0.2) is 37.1 Å². The highest BCUT2D eigenvalue weighted by Crippen LogP contribution is 2.27. The molecule has 0 aromatic carbocycles. The molecular weight excluding hydrogens is 293 g/mol. The Balaban J connectivity index is 2.50. The Labute approximate surface area is 120 Å². The molecule has 3 atom stereocenters. The lowest BCUT2D eigenvalue weighted by molar-refractivity contribution is -0.246. The molecule has 1 unspecified atom stereocenters. The summed E-state index contributed by atoms with van der Waals surface area (Å²) in [4.78, 5) is 22.1. The molecule has 0 N–H and O–H groups in total. The van der Waals surface area contributed by atoms with Crippen LogP contribution in [0.3, 0.4) is 0 Å². The van der Waals surface area contributed by atoms with Crippen molar-refractivity contribution >= 4 is 11.9 Å². The van der Waals surface area contributed by atoms with Crippen molar-refractivity contribution in [3.05, 3.63) is 0 Å². The van der Waals surface area contributed by atoms with E-state index >= 15 is 0 Å². The Hall–Kier alpha value is -1.31. The molecule has 5 nitrogen and oxygen atoms in total. The third-order valence-corrected chi connectivity index (χ3v) is 2.96. The summed E-state index contributed by atoms with van der Waals surface area (Å²) in [6, 6.07) is 0. The fourth-order valence-electron chi connectivity index (χ4n) is 1.91. The van der Waals surface area contributed by atoms with E-state index in [0.717, 1.165) is 0 Å². The molecular formula is C13H19F3O5. The first-order valence-electron chi connectivity index (χ1n) is 6.69. The molecule has 1 fully saturated rings. The number of alkyl halides is 3. The highest BCUT2D eigenvalue weighted by Gasteiger charge is 2.43. The maximum atomic E-state index is 12.1. The second kappa shape index (κ2) is 7.11. The average Bonchev–Trinajstić information content (AvgIpc) is 2.33. The Morgan fingerprint density at radius 1 is 1.29 bits per heavy atom. The van der Waals surface area contributed by atoms with E-state index in [0.29, 0.717) is 6.42 Å². The minimum Gasteiger partial charge on any atom is -0.463 e. The smallest absolute Gasteiger partial charge is 0.463 e. The first-order valence-corrected chi connectivity index (χ1v) is 6.69. The molecule has 1 aliphatic rings. The fourth-order valence-corrected chi connectivity index (χ4v) is 1.91. The number of rotatable bonds is 4. The van der Waals surface area contributed by atoms with Gasteiger partial charge in [0.05, 0.1) is 12.0 Å². The van der Waals surface area contributed by atoms with E-state index in [9.17, 15) is 22.8 Å². The van der Waals surface area contributed by atoms with Crippen LogP contribution in [0.25, 0.3) is 0 Å². The average molecular weight is 312 g/mol. The quantitative estimate of drug-likeness (QED) is 0.746. The Morgan fingerprint density at radius 3 is 2.43 bits per heavy atom. The van der Waals surface area contributed by atoms with E-state index in [2.05, 4.69) is 4.74 Å². The van der Waals surface area contributed by atoms with E-state index in [1.54, 1.807) is 20.8 Å². The van der Waals surface area contributed by atoms with Crippen molar-refractivity contribution in [2.45, 2.75) is 52.2 Å². The predicted molar refractivity (Wildman–Crippen MR) is 65.0 cm³/mol. The number of ether oxygens (including phenoxy) is 3.